The number of rotatable bonds is 53. The van der Waals surface area contributed by atoms with E-state index in [0.717, 1.165) is 32.1 Å². The van der Waals surface area contributed by atoms with E-state index < -0.39 is 86.8 Å². The average molecular weight is 1110 g/mol. The Balaban J connectivity index is 1.74. The highest BCUT2D eigenvalue weighted by atomic mass is 16.7. The Kier molecular flexibility index (Phi) is 46.5. The van der Waals surface area contributed by atoms with Crippen molar-refractivity contribution in [3.8, 4) is 0 Å². The van der Waals surface area contributed by atoms with Gasteiger partial charge in [0.1, 0.15) is 48.8 Å². The second-order valence-electron chi connectivity index (χ2n) is 23.2. The first-order valence-corrected chi connectivity index (χ1v) is 32.6. The summed E-state index contributed by atoms with van der Waals surface area (Å²) in [4.78, 5) is 13.3. The van der Waals surface area contributed by atoms with E-state index in [1.165, 1.54) is 218 Å². The van der Waals surface area contributed by atoms with E-state index in [2.05, 4.69) is 31.3 Å². The molecule has 78 heavy (non-hydrogen) atoms. The smallest absolute Gasteiger partial charge is 0.220 e. The summed E-state index contributed by atoms with van der Waals surface area (Å²) < 4.78 is 22.8. The maximum atomic E-state index is 13.3. The molecule has 0 radical (unpaired) electrons. The molecule has 2 aliphatic rings. The number of hydrogen-bond donors (Lipinski definition) is 9. The largest absolute Gasteiger partial charge is 0.394 e. The molecule has 12 unspecified atom stereocenters. The van der Waals surface area contributed by atoms with Crippen LogP contribution in [-0.4, -0.2) is 140 Å². The van der Waals surface area contributed by atoms with Crippen LogP contribution >= 0.6 is 0 Å². The van der Waals surface area contributed by atoms with Crippen LogP contribution in [0.5, 0.6) is 0 Å². The van der Waals surface area contributed by atoms with Crippen molar-refractivity contribution in [2.24, 2.45) is 0 Å². The van der Waals surface area contributed by atoms with Crippen LogP contribution < -0.4 is 5.32 Å². The minimum absolute atomic E-state index is 0.243. The molecule has 2 fully saturated rings. The van der Waals surface area contributed by atoms with Gasteiger partial charge in [0.2, 0.25) is 5.91 Å². The standard InChI is InChI=1S/C64H121NO13/c1-3-5-7-9-11-13-15-17-19-21-23-25-27-29-31-33-35-37-39-41-43-45-47-53(68)52(51-75-63-61(74)59(72)62(55(50-67)77-63)78-64-60(73)58(71)57(70)54(49-66)76-64)65-56(69)48-46-44-42-40-38-36-34-32-30-28-26-24-22-20-18-16-14-12-10-8-6-4-2/h37,39,45,47,52-55,57-64,66-68,70-74H,3-36,38,40-44,46,48-51H2,1-2H3,(H,65,69)/b39-37+,47-45+. The van der Waals surface area contributed by atoms with Gasteiger partial charge in [0, 0.05) is 6.42 Å². The van der Waals surface area contributed by atoms with Crippen LogP contribution in [0.15, 0.2) is 24.3 Å². The summed E-state index contributed by atoms with van der Waals surface area (Å²) in [5.41, 5.74) is 0. The van der Waals surface area contributed by atoms with Gasteiger partial charge in [-0.2, -0.15) is 0 Å². The number of hydrogen-bond acceptors (Lipinski definition) is 13. The monoisotopic (exact) mass is 1110 g/mol. The first-order chi connectivity index (χ1) is 38.1. The fourth-order valence-electron chi connectivity index (χ4n) is 10.9. The molecule has 0 saturated carbocycles. The second kappa shape index (κ2) is 50.0. The van der Waals surface area contributed by atoms with E-state index >= 15 is 0 Å². The summed E-state index contributed by atoms with van der Waals surface area (Å²) in [6.07, 6.45) is 43.7. The van der Waals surface area contributed by atoms with E-state index in [9.17, 15) is 45.6 Å². The van der Waals surface area contributed by atoms with Crippen LogP contribution in [0.3, 0.4) is 0 Å². The molecule has 0 bridgehead atoms. The summed E-state index contributed by atoms with van der Waals surface area (Å²) in [5.74, 6) is -0.243. The van der Waals surface area contributed by atoms with E-state index in [-0.39, 0.29) is 18.9 Å². The third kappa shape index (κ3) is 34.8. The van der Waals surface area contributed by atoms with Crippen molar-refractivity contribution in [1.82, 2.24) is 5.32 Å². The van der Waals surface area contributed by atoms with Crippen LogP contribution in [-0.2, 0) is 23.7 Å². The Morgan fingerprint density at radius 2 is 0.821 bits per heavy atom. The van der Waals surface area contributed by atoms with Gasteiger partial charge in [-0.1, -0.05) is 269 Å². The highest BCUT2D eigenvalue weighted by molar-refractivity contribution is 5.76. The van der Waals surface area contributed by atoms with E-state index in [4.69, 9.17) is 18.9 Å². The van der Waals surface area contributed by atoms with Crippen LogP contribution in [0.25, 0.3) is 0 Å². The minimum atomic E-state index is -1.79. The van der Waals surface area contributed by atoms with Gasteiger partial charge in [0.25, 0.3) is 0 Å². The molecule has 14 heteroatoms. The number of allylic oxidation sites excluding steroid dienone is 3. The molecule has 0 spiro atoms. The summed E-state index contributed by atoms with van der Waals surface area (Å²) in [6.45, 7) is 2.83. The SMILES string of the molecule is CCCCCCCCCCCCCCCCCC/C=C/CC/C=C/C(O)C(COC1OC(CO)C(OC2OC(CO)C(O)C(O)C2O)C(O)C1O)NC(=O)CCCCCCCCCCCCCCCCCCCCCCCC. The predicted molar refractivity (Wildman–Crippen MR) is 314 cm³/mol. The van der Waals surface area contributed by atoms with Crippen molar-refractivity contribution in [2.45, 2.75) is 357 Å². The van der Waals surface area contributed by atoms with Crippen molar-refractivity contribution in [1.29, 1.82) is 0 Å². The first-order valence-electron chi connectivity index (χ1n) is 32.6. The van der Waals surface area contributed by atoms with E-state index in [0.29, 0.717) is 12.8 Å². The van der Waals surface area contributed by atoms with Crippen LogP contribution in [0.1, 0.15) is 284 Å². The molecule has 12 atom stereocenters. The normalized spacial score (nSPS) is 24.6. The van der Waals surface area contributed by atoms with Gasteiger partial charge in [0.05, 0.1) is 32.0 Å². The minimum Gasteiger partial charge on any atom is -0.394 e. The zero-order chi connectivity index (χ0) is 56.7. The quantitative estimate of drug-likeness (QED) is 0.0204. The lowest BCUT2D eigenvalue weighted by Crippen LogP contribution is -2.65. The molecule has 14 nitrogen and oxygen atoms in total. The molecular formula is C64H121NO13. The van der Waals surface area contributed by atoms with Gasteiger partial charge in [-0.15, -0.1) is 0 Å². The maximum absolute atomic E-state index is 13.3. The number of unbranched alkanes of at least 4 members (excludes halogenated alkanes) is 38. The van der Waals surface area contributed by atoms with Gasteiger partial charge in [-0.3, -0.25) is 4.79 Å². The molecule has 2 heterocycles. The fourth-order valence-corrected chi connectivity index (χ4v) is 10.9. The Hall–Kier alpha value is -1.53. The number of carbonyl (C=O) groups excluding carboxylic acids is 1. The molecule has 0 aromatic heterocycles. The van der Waals surface area contributed by atoms with Crippen LogP contribution in [0.2, 0.25) is 0 Å². The highest BCUT2D eigenvalue weighted by Crippen LogP contribution is 2.30. The predicted octanol–water partition coefficient (Wildman–Crippen LogP) is 12.0. The second-order valence-corrected chi connectivity index (χ2v) is 23.2. The summed E-state index contributed by atoms with van der Waals surface area (Å²) >= 11 is 0. The third-order valence-corrected chi connectivity index (χ3v) is 16.1. The Labute approximate surface area is 475 Å². The molecule has 460 valence electrons. The fraction of sp³-hybridized carbons (Fsp3) is 0.922. The number of carbonyl (C=O) groups is 1. The topological polar surface area (TPSA) is 228 Å². The van der Waals surface area contributed by atoms with Gasteiger partial charge < -0.3 is 65.1 Å². The number of amides is 1. The average Bonchev–Trinajstić information content (AvgIpc) is 3.48. The molecule has 2 saturated heterocycles. The molecule has 0 aromatic rings. The van der Waals surface area contributed by atoms with E-state index in [1.807, 2.05) is 6.08 Å². The highest BCUT2D eigenvalue weighted by Gasteiger charge is 2.51. The van der Waals surface area contributed by atoms with Gasteiger partial charge >= 0.3 is 0 Å². The molecule has 2 rings (SSSR count). The van der Waals surface area contributed by atoms with Gasteiger partial charge in [-0.25, -0.2) is 0 Å². The van der Waals surface area contributed by atoms with Crippen LogP contribution in [0.4, 0.5) is 0 Å². The first kappa shape index (κ1) is 72.6. The van der Waals surface area contributed by atoms with Crippen molar-refractivity contribution in [3.63, 3.8) is 0 Å². The molecule has 0 aliphatic carbocycles. The molecule has 2 aliphatic heterocycles. The maximum Gasteiger partial charge on any atom is 0.220 e. The molecule has 9 N–H and O–H groups in total. The number of nitrogens with one attached hydrogen (secondary N) is 1. The van der Waals surface area contributed by atoms with Crippen molar-refractivity contribution in [2.75, 3.05) is 19.8 Å². The lowest BCUT2D eigenvalue weighted by atomic mass is 9.97. The van der Waals surface area contributed by atoms with Crippen molar-refractivity contribution in [3.05, 3.63) is 24.3 Å². The van der Waals surface area contributed by atoms with Crippen LogP contribution in [0, 0.1) is 0 Å². The number of aliphatic hydroxyl groups excluding tert-OH is 8. The lowest BCUT2D eigenvalue weighted by molar-refractivity contribution is -0.359. The van der Waals surface area contributed by atoms with Crippen molar-refractivity contribution >= 4 is 5.91 Å². The summed E-state index contributed by atoms with van der Waals surface area (Å²) in [5, 5.41) is 87.2. The Morgan fingerprint density at radius 3 is 1.26 bits per heavy atom. The number of aliphatic hydroxyl groups is 8. The Bertz CT molecular complexity index is 1400. The third-order valence-electron chi connectivity index (χ3n) is 16.1. The van der Waals surface area contributed by atoms with E-state index in [1.54, 1.807) is 6.08 Å². The summed E-state index contributed by atoms with van der Waals surface area (Å²) in [6, 6.07) is -0.928. The lowest BCUT2D eigenvalue weighted by Gasteiger charge is -2.46. The van der Waals surface area contributed by atoms with Crippen molar-refractivity contribution < 1.29 is 64.6 Å². The van der Waals surface area contributed by atoms with Gasteiger partial charge in [0.15, 0.2) is 12.6 Å². The zero-order valence-corrected chi connectivity index (χ0v) is 49.7. The zero-order valence-electron chi connectivity index (χ0n) is 49.7. The summed E-state index contributed by atoms with van der Waals surface area (Å²) in [7, 11) is 0. The van der Waals surface area contributed by atoms with Gasteiger partial charge in [-0.05, 0) is 32.1 Å². The Morgan fingerprint density at radius 1 is 0.449 bits per heavy atom. The molecule has 1 amide bonds. The number of ether oxygens (including phenoxy) is 4. The molecule has 0 aromatic carbocycles. The molecular weight excluding hydrogens is 991 g/mol.